The molecule has 2 N–H and O–H groups in total. The van der Waals surface area contributed by atoms with Gasteiger partial charge in [0.1, 0.15) is 0 Å². The van der Waals surface area contributed by atoms with Gasteiger partial charge in [-0.05, 0) is 32.0 Å². The molecular weight excluding hydrogens is 252 g/mol. The Morgan fingerprint density at radius 1 is 1.16 bits per heavy atom. The lowest BCUT2D eigenvalue weighted by Crippen LogP contribution is -2.34. The number of thioether (sulfide) groups is 1. The summed E-state index contributed by atoms with van der Waals surface area (Å²) in [6, 6.07) is 11.5. The fourth-order valence-corrected chi connectivity index (χ4v) is 4.43. The number of H-pyrrole nitrogens is 1. The molecule has 1 aromatic carbocycles. The minimum Gasteiger partial charge on any atom is -0.350 e. The minimum atomic E-state index is 0.652. The van der Waals surface area contributed by atoms with Crippen molar-refractivity contribution in [2.45, 2.75) is 48.4 Å². The second-order valence-electron chi connectivity index (χ2n) is 5.41. The van der Waals surface area contributed by atoms with Crippen LogP contribution in [0.15, 0.2) is 35.4 Å². The fourth-order valence-electron chi connectivity index (χ4n) is 3.02. The van der Waals surface area contributed by atoms with E-state index in [1.807, 2.05) is 11.8 Å². The van der Waals surface area contributed by atoms with Crippen molar-refractivity contribution in [3.8, 4) is 0 Å². The van der Waals surface area contributed by atoms with E-state index in [-0.39, 0.29) is 0 Å². The zero-order valence-electron chi connectivity index (χ0n) is 11.5. The van der Waals surface area contributed by atoms with Gasteiger partial charge in [0.15, 0.2) is 0 Å². The highest BCUT2D eigenvalue weighted by atomic mass is 32.2. The maximum absolute atomic E-state index is 3.54. The Labute approximate surface area is 119 Å². The summed E-state index contributed by atoms with van der Waals surface area (Å²) in [5.41, 5.74) is 1.25. The van der Waals surface area contributed by atoms with Crippen LogP contribution in [0.4, 0.5) is 0 Å². The molecule has 19 heavy (non-hydrogen) atoms. The van der Waals surface area contributed by atoms with Gasteiger partial charge >= 0.3 is 0 Å². The van der Waals surface area contributed by atoms with Gasteiger partial charge in [-0.1, -0.05) is 37.5 Å². The number of rotatable bonds is 3. The van der Waals surface area contributed by atoms with Crippen LogP contribution in [0, 0.1) is 0 Å². The van der Waals surface area contributed by atoms with Crippen molar-refractivity contribution < 1.29 is 0 Å². The van der Waals surface area contributed by atoms with E-state index in [0.717, 1.165) is 0 Å². The smallest absolute Gasteiger partial charge is 0.0735 e. The fraction of sp³-hybridized carbons (Fsp3) is 0.500. The molecule has 3 rings (SSSR count). The molecule has 1 aliphatic rings. The molecule has 0 amide bonds. The Hall–Kier alpha value is -0.930. The van der Waals surface area contributed by atoms with Crippen LogP contribution in [0.25, 0.3) is 10.9 Å². The second-order valence-corrected chi connectivity index (χ2v) is 6.69. The number of nitrogens with one attached hydrogen (secondary N) is 2. The van der Waals surface area contributed by atoms with Gasteiger partial charge in [-0.15, -0.1) is 11.8 Å². The highest BCUT2D eigenvalue weighted by molar-refractivity contribution is 7.99. The number of benzene rings is 1. The number of aromatic nitrogens is 1. The molecule has 2 atom stereocenters. The van der Waals surface area contributed by atoms with Crippen molar-refractivity contribution in [1.29, 1.82) is 0 Å². The molecule has 1 saturated carbocycles. The molecule has 3 heteroatoms. The average molecular weight is 274 g/mol. The van der Waals surface area contributed by atoms with E-state index in [4.69, 9.17) is 0 Å². The zero-order chi connectivity index (χ0) is 13.1. The quantitative estimate of drug-likeness (QED) is 0.822. The Morgan fingerprint density at radius 2 is 2.00 bits per heavy atom. The van der Waals surface area contributed by atoms with Crippen molar-refractivity contribution in [2.75, 3.05) is 7.05 Å². The van der Waals surface area contributed by atoms with E-state index in [9.17, 15) is 0 Å². The van der Waals surface area contributed by atoms with E-state index >= 15 is 0 Å². The van der Waals surface area contributed by atoms with Crippen molar-refractivity contribution in [1.82, 2.24) is 10.3 Å². The van der Waals surface area contributed by atoms with Gasteiger partial charge in [0, 0.05) is 22.2 Å². The Morgan fingerprint density at radius 3 is 2.84 bits per heavy atom. The van der Waals surface area contributed by atoms with E-state index in [1.54, 1.807) is 0 Å². The summed E-state index contributed by atoms with van der Waals surface area (Å²) >= 11 is 2.02. The second kappa shape index (κ2) is 6.02. The van der Waals surface area contributed by atoms with Crippen LogP contribution in [-0.2, 0) is 0 Å². The molecule has 2 nitrogen and oxygen atoms in total. The van der Waals surface area contributed by atoms with Gasteiger partial charge in [-0.25, -0.2) is 0 Å². The third kappa shape index (κ3) is 2.98. The normalized spacial score (nSPS) is 24.5. The van der Waals surface area contributed by atoms with Crippen LogP contribution in [0.2, 0.25) is 0 Å². The van der Waals surface area contributed by atoms with Crippen LogP contribution in [0.1, 0.15) is 32.1 Å². The molecule has 1 heterocycles. The standard InChI is InChI=1S/C16H22N2S/c1-17-14-9-3-2-4-10-15(14)19-16-11-12-7-5-6-8-13(12)18-16/h5-8,11,14-15,17-18H,2-4,9-10H2,1H3. The Balaban J connectivity index is 1.78. The van der Waals surface area contributed by atoms with E-state index < -0.39 is 0 Å². The van der Waals surface area contributed by atoms with Gasteiger partial charge in [0.05, 0.1) is 5.03 Å². The molecule has 2 unspecified atom stereocenters. The van der Waals surface area contributed by atoms with Crippen LogP contribution in [0.5, 0.6) is 0 Å². The summed E-state index contributed by atoms with van der Waals surface area (Å²) in [6.07, 6.45) is 6.77. The summed E-state index contributed by atoms with van der Waals surface area (Å²) in [6.45, 7) is 0. The summed E-state index contributed by atoms with van der Waals surface area (Å²) in [5, 5.41) is 6.84. The molecule has 1 aliphatic carbocycles. The lowest BCUT2D eigenvalue weighted by Gasteiger charge is -2.23. The zero-order valence-corrected chi connectivity index (χ0v) is 12.3. The van der Waals surface area contributed by atoms with E-state index in [0.29, 0.717) is 11.3 Å². The highest BCUT2D eigenvalue weighted by Gasteiger charge is 2.23. The Bertz CT molecular complexity index is 501. The van der Waals surface area contributed by atoms with Gasteiger partial charge in [-0.2, -0.15) is 0 Å². The predicted octanol–water partition coefficient (Wildman–Crippen LogP) is 4.18. The van der Waals surface area contributed by atoms with E-state index in [1.165, 1.54) is 48.0 Å². The maximum Gasteiger partial charge on any atom is 0.0735 e. The average Bonchev–Trinajstić information content (AvgIpc) is 2.70. The van der Waals surface area contributed by atoms with E-state index in [2.05, 4.69) is 47.7 Å². The molecule has 0 bridgehead atoms. The lowest BCUT2D eigenvalue weighted by atomic mass is 10.1. The topological polar surface area (TPSA) is 27.8 Å². The van der Waals surface area contributed by atoms with Gasteiger partial charge < -0.3 is 10.3 Å². The molecular formula is C16H22N2S. The summed E-state index contributed by atoms with van der Waals surface area (Å²) in [5.74, 6) is 0. The molecule has 0 saturated heterocycles. The van der Waals surface area contributed by atoms with Crippen LogP contribution in [0.3, 0.4) is 0 Å². The number of aromatic amines is 1. The van der Waals surface area contributed by atoms with Crippen LogP contribution in [-0.4, -0.2) is 23.3 Å². The monoisotopic (exact) mass is 274 g/mol. The number of para-hydroxylation sites is 1. The number of hydrogen-bond donors (Lipinski definition) is 2. The third-order valence-electron chi connectivity index (χ3n) is 4.11. The molecule has 0 spiro atoms. The maximum atomic E-state index is 3.54. The lowest BCUT2D eigenvalue weighted by molar-refractivity contribution is 0.510. The van der Waals surface area contributed by atoms with Gasteiger partial charge in [0.25, 0.3) is 0 Å². The summed E-state index contributed by atoms with van der Waals surface area (Å²) in [4.78, 5) is 3.54. The largest absolute Gasteiger partial charge is 0.350 e. The predicted molar refractivity (Wildman–Crippen MR) is 83.9 cm³/mol. The highest BCUT2D eigenvalue weighted by Crippen LogP contribution is 2.34. The van der Waals surface area contributed by atoms with Gasteiger partial charge in [0.2, 0.25) is 0 Å². The molecule has 0 aliphatic heterocycles. The first-order valence-corrected chi connectivity index (χ1v) is 8.16. The molecule has 102 valence electrons. The molecule has 1 aromatic heterocycles. The first-order valence-electron chi connectivity index (χ1n) is 7.28. The minimum absolute atomic E-state index is 0.652. The van der Waals surface area contributed by atoms with Crippen LogP contribution < -0.4 is 5.32 Å². The van der Waals surface area contributed by atoms with Crippen molar-refractivity contribution >= 4 is 22.7 Å². The first-order chi connectivity index (χ1) is 9.36. The first kappa shape index (κ1) is 13.1. The van der Waals surface area contributed by atoms with Crippen molar-refractivity contribution in [3.63, 3.8) is 0 Å². The van der Waals surface area contributed by atoms with Gasteiger partial charge in [-0.3, -0.25) is 0 Å². The number of fused-ring (bicyclic) bond motifs is 1. The van der Waals surface area contributed by atoms with Crippen LogP contribution >= 0.6 is 11.8 Å². The SMILES string of the molecule is CNC1CCCCCC1Sc1cc2ccccc2[nH]1. The number of hydrogen-bond acceptors (Lipinski definition) is 2. The third-order valence-corrected chi connectivity index (χ3v) is 5.45. The molecule has 2 aromatic rings. The van der Waals surface area contributed by atoms with Crippen molar-refractivity contribution in [2.24, 2.45) is 0 Å². The Kier molecular flexibility index (Phi) is 4.14. The molecule has 0 radical (unpaired) electrons. The summed E-state index contributed by atoms with van der Waals surface area (Å²) in [7, 11) is 2.11. The molecule has 1 fully saturated rings. The summed E-state index contributed by atoms with van der Waals surface area (Å²) < 4.78 is 0. The van der Waals surface area contributed by atoms with Crippen molar-refractivity contribution in [3.05, 3.63) is 30.3 Å².